The van der Waals surface area contributed by atoms with Crippen LogP contribution in [0.15, 0.2) is 29.8 Å². The van der Waals surface area contributed by atoms with Gasteiger partial charge in [-0.1, -0.05) is 85.4 Å². The number of hydrogen-bond acceptors (Lipinski definition) is 4. The highest BCUT2D eigenvalue weighted by atomic mass is 28.4. The third-order valence-corrected chi connectivity index (χ3v) is 14.4. The van der Waals surface area contributed by atoms with E-state index >= 15 is 0 Å². The number of ether oxygens (including phenoxy) is 2. The fourth-order valence-electron chi connectivity index (χ4n) is 5.95. The Labute approximate surface area is 253 Å². The molecule has 232 valence electrons. The van der Waals surface area contributed by atoms with Crippen LogP contribution in [0.5, 0.6) is 5.75 Å². The van der Waals surface area contributed by atoms with E-state index in [1.165, 1.54) is 43.2 Å². The Hall–Kier alpha value is -1.59. The first-order chi connectivity index (χ1) is 18.7. The molecule has 4 nitrogen and oxygen atoms in total. The summed E-state index contributed by atoms with van der Waals surface area (Å²) >= 11 is 0. The molecule has 0 bridgehead atoms. The number of benzene rings is 1. The highest BCUT2D eigenvalue weighted by Crippen LogP contribution is 2.53. The first kappa shape index (κ1) is 33.9. The molecule has 3 atom stereocenters. The predicted molar refractivity (Wildman–Crippen MR) is 174 cm³/mol. The molecule has 0 aromatic heterocycles. The molecular weight excluding hydrogens is 524 g/mol. The fraction of sp³-hybridized carbons (Fsp3) is 0.750. The van der Waals surface area contributed by atoms with E-state index in [9.17, 15) is 4.79 Å². The van der Waals surface area contributed by atoms with Crippen molar-refractivity contribution in [3.8, 4) is 5.75 Å². The summed E-state index contributed by atoms with van der Waals surface area (Å²) in [7, 11) is -2.21. The number of carbonyl (C=O) groups excluding carboxylic acids is 1. The van der Waals surface area contributed by atoms with Crippen molar-refractivity contribution in [1.82, 2.24) is 0 Å². The summed E-state index contributed by atoms with van der Waals surface area (Å²) in [6.07, 6.45) is 9.61. The molecule has 1 aliphatic heterocycles. The van der Waals surface area contributed by atoms with Crippen molar-refractivity contribution in [2.75, 3.05) is 0 Å². The van der Waals surface area contributed by atoms with Crippen LogP contribution in [0, 0.1) is 11.3 Å². The van der Waals surface area contributed by atoms with Crippen molar-refractivity contribution >= 4 is 14.3 Å². The zero-order valence-corrected chi connectivity index (χ0v) is 29.6. The number of esters is 1. The van der Waals surface area contributed by atoms with Gasteiger partial charge in [0.25, 0.3) is 0 Å². The summed E-state index contributed by atoms with van der Waals surface area (Å²) in [6, 6.07) is 6.96. The van der Waals surface area contributed by atoms with Crippen LogP contribution in [-0.4, -0.2) is 26.2 Å². The van der Waals surface area contributed by atoms with Gasteiger partial charge >= 0.3 is 5.97 Å². The molecule has 1 aromatic rings. The molecule has 0 fully saturated rings. The molecule has 41 heavy (non-hydrogen) atoms. The van der Waals surface area contributed by atoms with Gasteiger partial charge in [-0.2, -0.15) is 0 Å². The van der Waals surface area contributed by atoms with Crippen LogP contribution in [-0.2, 0) is 19.4 Å². The maximum atomic E-state index is 13.1. The van der Waals surface area contributed by atoms with Crippen LogP contribution in [0.1, 0.15) is 138 Å². The lowest BCUT2D eigenvalue weighted by molar-refractivity contribution is -0.170. The van der Waals surface area contributed by atoms with Gasteiger partial charge in [-0.25, -0.2) is 0 Å². The first-order valence-electron chi connectivity index (χ1n) is 16.1. The summed E-state index contributed by atoms with van der Waals surface area (Å²) in [6.45, 7) is 28.3. The lowest BCUT2D eigenvalue weighted by Gasteiger charge is -2.48. The summed E-state index contributed by atoms with van der Waals surface area (Å²) in [5, 5.41) is 0.00413. The molecule has 0 N–H and O–H groups in total. The van der Waals surface area contributed by atoms with E-state index in [1.807, 2.05) is 20.8 Å². The Morgan fingerprint density at radius 2 is 1.71 bits per heavy atom. The lowest BCUT2D eigenvalue weighted by atomic mass is 9.66. The highest BCUT2D eigenvalue weighted by molar-refractivity contribution is 6.74. The van der Waals surface area contributed by atoms with Gasteiger partial charge in [0.2, 0.25) is 6.29 Å². The molecule has 0 amide bonds. The van der Waals surface area contributed by atoms with E-state index in [1.54, 1.807) is 0 Å². The summed E-state index contributed by atoms with van der Waals surface area (Å²) in [4.78, 5) is 13.1. The van der Waals surface area contributed by atoms with Crippen LogP contribution >= 0.6 is 0 Å². The van der Waals surface area contributed by atoms with Crippen molar-refractivity contribution < 1.29 is 18.7 Å². The van der Waals surface area contributed by atoms with Crippen molar-refractivity contribution in [3.63, 3.8) is 0 Å². The number of allylic oxidation sites excluding steroid dienone is 1. The Morgan fingerprint density at radius 1 is 1.05 bits per heavy atom. The molecule has 3 rings (SSSR count). The Kier molecular flexibility index (Phi) is 10.1. The minimum Gasteiger partial charge on any atom is -0.487 e. The number of rotatable bonds is 10. The van der Waals surface area contributed by atoms with Crippen molar-refractivity contribution in [2.24, 2.45) is 11.3 Å². The van der Waals surface area contributed by atoms with Gasteiger partial charge in [-0.15, -0.1) is 0 Å². The molecule has 0 radical (unpaired) electrons. The van der Waals surface area contributed by atoms with E-state index in [-0.39, 0.29) is 27.9 Å². The number of unbranched alkanes of at least 4 members (excludes halogenated alkanes) is 3. The van der Waals surface area contributed by atoms with Crippen LogP contribution < -0.4 is 4.74 Å². The zero-order valence-electron chi connectivity index (χ0n) is 28.6. The second-order valence-corrected chi connectivity index (χ2v) is 21.2. The summed E-state index contributed by atoms with van der Waals surface area (Å²) in [5.74, 6) is 1.43. The van der Waals surface area contributed by atoms with Crippen molar-refractivity contribution in [1.29, 1.82) is 0 Å². The highest BCUT2D eigenvalue weighted by Gasteiger charge is 2.48. The van der Waals surface area contributed by atoms with E-state index in [4.69, 9.17) is 13.9 Å². The maximum Gasteiger partial charge on any atom is 0.313 e. The van der Waals surface area contributed by atoms with Crippen molar-refractivity contribution in [3.05, 3.63) is 41.0 Å². The second kappa shape index (κ2) is 12.2. The molecular formula is C36H60O4Si. The van der Waals surface area contributed by atoms with Crippen molar-refractivity contribution in [2.45, 2.75) is 162 Å². The molecule has 1 unspecified atom stereocenters. The molecule has 1 aromatic carbocycles. The Bertz CT molecular complexity index is 1100. The van der Waals surface area contributed by atoms with Gasteiger partial charge < -0.3 is 13.9 Å². The van der Waals surface area contributed by atoms with Gasteiger partial charge in [-0.3, -0.25) is 4.79 Å². The minimum absolute atomic E-state index is 0.00413. The molecule has 0 spiro atoms. The average Bonchev–Trinajstić information content (AvgIpc) is 2.84. The van der Waals surface area contributed by atoms with E-state index in [0.717, 1.165) is 24.2 Å². The number of hydrogen-bond donors (Lipinski definition) is 0. The van der Waals surface area contributed by atoms with Gasteiger partial charge in [-0.05, 0) is 106 Å². The molecule has 1 aliphatic carbocycles. The molecule has 2 aliphatic rings. The SMILES string of the molecule is CCCCCCC(C)(C)c1ccc2c(c1)OC(C)(C)[C@@H]1CC=C(C(OC(=O)C(C)(C)C)O[Si](C)(C)C(C)(C)C)C[C@@H]21. The molecule has 1 heterocycles. The standard InChI is InChI=1S/C36H60O4Si/c1-14-15-16-17-22-35(8,9)26-19-20-27-28-23-25(18-21-29(28)36(10,11)39-30(27)24-26)31(38-32(37)33(2,3)4)40-41(12,13)34(5,6)7/h18-20,24,28-29,31H,14-17,21-23H2,1-13H3/t28-,29+,31?/m0/s1. The van der Waals surface area contributed by atoms with Crippen LogP contribution in [0.4, 0.5) is 0 Å². The van der Waals surface area contributed by atoms with Gasteiger partial charge in [0.15, 0.2) is 8.32 Å². The minimum atomic E-state index is -2.21. The second-order valence-electron chi connectivity index (χ2n) is 16.4. The third-order valence-electron chi connectivity index (χ3n) is 10.0. The molecule has 5 heteroatoms. The molecule has 0 saturated carbocycles. The van der Waals surface area contributed by atoms with Gasteiger partial charge in [0, 0.05) is 5.92 Å². The smallest absolute Gasteiger partial charge is 0.313 e. The van der Waals surface area contributed by atoms with Gasteiger partial charge in [0.05, 0.1) is 5.41 Å². The van der Waals surface area contributed by atoms with Crippen LogP contribution in [0.2, 0.25) is 18.1 Å². The normalized spacial score (nSPS) is 21.7. The van der Waals surface area contributed by atoms with E-state index in [0.29, 0.717) is 5.92 Å². The fourth-order valence-corrected chi connectivity index (χ4v) is 7.04. The van der Waals surface area contributed by atoms with E-state index < -0.39 is 20.0 Å². The monoisotopic (exact) mass is 584 g/mol. The Morgan fingerprint density at radius 3 is 2.29 bits per heavy atom. The zero-order chi connectivity index (χ0) is 31.0. The average molecular weight is 585 g/mol. The summed E-state index contributed by atoms with van der Waals surface area (Å²) in [5.41, 5.74) is 2.94. The number of carbonyl (C=O) groups is 1. The van der Waals surface area contributed by atoms with Gasteiger partial charge in [0.1, 0.15) is 11.4 Å². The van der Waals surface area contributed by atoms with Crippen LogP contribution in [0.25, 0.3) is 0 Å². The largest absolute Gasteiger partial charge is 0.487 e. The van der Waals surface area contributed by atoms with E-state index in [2.05, 4.69) is 92.8 Å². The maximum absolute atomic E-state index is 13.1. The summed E-state index contributed by atoms with van der Waals surface area (Å²) < 4.78 is 19.8. The predicted octanol–water partition coefficient (Wildman–Crippen LogP) is 10.5. The number of fused-ring (bicyclic) bond motifs is 3. The third kappa shape index (κ3) is 7.87. The lowest BCUT2D eigenvalue weighted by Crippen LogP contribution is -2.48. The molecule has 0 saturated heterocycles. The Balaban J connectivity index is 1.95. The first-order valence-corrected chi connectivity index (χ1v) is 19.0. The van der Waals surface area contributed by atoms with Crippen LogP contribution in [0.3, 0.4) is 0 Å². The quantitative estimate of drug-likeness (QED) is 0.0902. The topological polar surface area (TPSA) is 44.8 Å².